The van der Waals surface area contributed by atoms with Gasteiger partial charge in [-0.25, -0.2) is 4.79 Å². The molecular formula is C10H12BrNO3S2. The van der Waals surface area contributed by atoms with Gasteiger partial charge >= 0.3 is 5.97 Å². The number of aliphatic carboxylic acids is 1. The zero-order valence-corrected chi connectivity index (χ0v) is 12.3. The third kappa shape index (κ3) is 5.10. The maximum absolute atomic E-state index is 10.9. The van der Waals surface area contributed by atoms with Crippen molar-refractivity contribution in [2.75, 3.05) is 5.75 Å². The van der Waals surface area contributed by atoms with E-state index < -0.39 is 12.0 Å². The second-order valence-electron chi connectivity index (χ2n) is 3.30. The van der Waals surface area contributed by atoms with E-state index in [0.29, 0.717) is 5.75 Å². The lowest BCUT2D eigenvalue weighted by atomic mass is 10.3. The molecule has 1 amide bonds. The highest BCUT2D eigenvalue weighted by atomic mass is 79.9. The normalized spacial score (nSPS) is 12.1. The van der Waals surface area contributed by atoms with Gasteiger partial charge in [0.15, 0.2) is 0 Å². The number of carbonyl (C=O) groups excluding carboxylic acids is 1. The molecule has 7 heteroatoms. The second-order valence-corrected chi connectivity index (χ2v) is 6.18. The lowest BCUT2D eigenvalue weighted by Crippen LogP contribution is -2.41. The number of amides is 1. The SMILES string of the molecule is CC(=O)NC(CSCc1sccc1Br)C(=O)O. The second kappa shape index (κ2) is 7.03. The molecule has 0 spiro atoms. The number of thioether (sulfide) groups is 1. The van der Waals surface area contributed by atoms with Crippen molar-refractivity contribution >= 4 is 50.9 Å². The van der Waals surface area contributed by atoms with Crippen LogP contribution in [0.15, 0.2) is 15.9 Å². The fourth-order valence-corrected chi connectivity index (χ4v) is 4.02. The molecule has 0 aliphatic carbocycles. The highest BCUT2D eigenvalue weighted by molar-refractivity contribution is 9.10. The summed E-state index contributed by atoms with van der Waals surface area (Å²) in [4.78, 5) is 22.8. The smallest absolute Gasteiger partial charge is 0.327 e. The maximum Gasteiger partial charge on any atom is 0.327 e. The standard InChI is InChI=1S/C10H12BrNO3S2/c1-6(13)12-8(10(14)15)4-16-5-9-7(11)2-3-17-9/h2-3,8H,4-5H2,1H3,(H,12,13)(H,14,15). The molecule has 1 rings (SSSR count). The molecule has 0 aliphatic heterocycles. The minimum Gasteiger partial charge on any atom is -0.480 e. The van der Waals surface area contributed by atoms with Crippen LogP contribution in [0.1, 0.15) is 11.8 Å². The van der Waals surface area contributed by atoms with E-state index in [-0.39, 0.29) is 5.91 Å². The molecule has 1 unspecified atom stereocenters. The van der Waals surface area contributed by atoms with Crippen LogP contribution in [0, 0.1) is 0 Å². The van der Waals surface area contributed by atoms with Crippen LogP contribution in [0.5, 0.6) is 0 Å². The molecule has 0 aliphatic rings. The van der Waals surface area contributed by atoms with Gasteiger partial charge in [-0.1, -0.05) is 0 Å². The van der Waals surface area contributed by atoms with E-state index >= 15 is 0 Å². The first-order chi connectivity index (χ1) is 8.00. The molecule has 0 bridgehead atoms. The van der Waals surface area contributed by atoms with Crippen LogP contribution >= 0.6 is 39.0 Å². The average Bonchev–Trinajstić information content (AvgIpc) is 2.62. The topological polar surface area (TPSA) is 66.4 Å². The van der Waals surface area contributed by atoms with Crippen molar-refractivity contribution in [3.63, 3.8) is 0 Å². The van der Waals surface area contributed by atoms with Crippen LogP contribution in [0.2, 0.25) is 0 Å². The van der Waals surface area contributed by atoms with Gasteiger partial charge in [-0.05, 0) is 27.4 Å². The number of rotatable bonds is 6. The van der Waals surface area contributed by atoms with Crippen LogP contribution in [0.4, 0.5) is 0 Å². The Morgan fingerprint density at radius 1 is 1.65 bits per heavy atom. The Balaban J connectivity index is 2.40. The van der Waals surface area contributed by atoms with Crippen LogP contribution in [-0.2, 0) is 15.3 Å². The summed E-state index contributed by atoms with van der Waals surface area (Å²) in [5.41, 5.74) is 0. The number of carbonyl (C=O) groups is 2. The molecule has 0 fully saturated rings. The van der Waals surface area contributed by atoms with Gasteiger partial charge in [0.05, 0.1) is 0 Å². The van der Waals surface area contributed by atoms with Gasteiger partial charge in [0, 0.05) is 27.8 Å². The first kappa shape index (κ1) is 14.5. The zero-order valence-electron chi connectivity index (χ0n) is 9.10. The number of carboxylic acids is 1. The summed E-state index contributed by atoms with van der Waals surface area (Å²) >= 11 is 6.52. The molecule has 1 atom stereocenters. The molecule has 4 nitrogen and oxygen atoms in total. The average molecular weight is 338 g/mol. The molecule has 1 aromatic rings. The van der Waals surface area contributed by atoms with Crippen molar-refractivity contribution in [2.24, 2.45) is 0 Å². The van der Waals surface area contributed by atoms with E-state index in [0.717, 1.165) is 10.2 Å². The third-order valence-electron chi connectivity index (χ3n) is 1.88. The number of hydrogen-bond acceptors (Lipinski definition) is 4. The molecule has 0 aromatic carbocycles. The molecule has 94 valence electrons. The van der Waals surface area contributed by atoms with E-state index in [2.05, 4.69) is 21.2 Å². The lowest BCUT2D eigenvalue weighted by molar-refractivity contribution is -0.140. The van der Waals surface area contributed by atoms with Gasteiger partial charge in [0.1, 0.15) is 6.04 Å². The summed E-state index contributed by atoms with van der Waals surface area (Å²) in [5, 5.41) is 13.3. The number of carboxylic acid groups (broad SMARTS) is 1. The van der Waals surface area contributed by atoms with Crippen molar-refractivity contribution in [1.29, 1.82) is 0 Å². The van der Waals surface area contributed by atoms with Gasteiger partial charge in [0.2, 0.25) is 5.91 Å². The quantitative estimate of drug-likeness (QED) is 0.836. The summed E-state index contributed by atoms with van der Waals surface area (Å²) in [6, 6.07) is 1.14. The molecule has 0 saturated carbocycles. The first-order valence-electron chi connectivity index (χ1n) is 4.80. The number of hydrogen-bond donors (Lipinski definition) is 2. The van der Waals surface area contributed by atoms with Crippen LogP contribution in [-0.4, -0.2) is 28.8 Å². The Labute approximate surface area is 116 Å². The fourth-order valence-electron chi connectivity index (χ4n) is 1.12. The minimum absolute atomic E-state index is 0.324. The van der Waals surface area contributed by atoms with Gasteiger partial charge < -0.3 is 10.4 Å². The van der Waals surface area contributed by atoms with Crippen molar-refractivity contribution < 1.29 is 14.7 Å². The number of thiophene rings is 1. The van der Waals surface area contributed by atoms with Crippen molar-refractivity contribution in [3.05, 3.63) is 20.8 Å². The van der Waals surface area contributed by atoms with Crippen molar-refractivity contribution in [1.82, 2.24) is 5.32 Å². The Bertz CT molecular complexity index is 408. The maximum atomic E-state index is 10.9. The fraction of sp³-hybridized carbons (Fsp3) is 0.400. The largest absolute Gasteiger partial charge is 0.480 e. The Hall–Kier alpha value is -0.530. The van der Waals surface area contributed by atoms with Crippen molar-refractivity contribution in [3.8, 4) is 0 Å². The van der Waals surface area contributed by atoms with Crippen LogP contribution in [0.3, 0.4) is 0 Å². The zero-order chi connectivity index (χ0) is 12.8. The summed E-state index contributed by atoms with van der Waals surface area (Å²) in [6.07, 6.45) is 0. The van der Waals surface area contributed by atoms with Gasteiger partial charge in [-0.2, -0.15) is 11.8 Å². The summed E-state index contributed by atoms with van der Waals surface area (Å²) in [6.45, 7) is 1.32. The monoisotopic (exact) mass is 337 g/mol. The number of halogens is 1. The van der Waals surface area contributed by atoms with Crippen molar-refractivity contribution in [2.45, 2.75) is 18.7 Å². The molecular weight excluding hydrogens is 326 g/mol. The summed E-state index contributed by atoms with van der Waals surface area (Å²) in [7, 11) is 0. The van der Waals surface area contributed by atoms with Crippen LogP contribution in [0.25, 0.3) is 0 Å². The summed E-state index contributed by atoms with van der Waals surface area (Å²) in [5.74, 6) is -0.228. The summed E-state index contributed by atoms with van der Waals surface area (Å²) < 4.78 is 1.04. The predicted octanol–water partition coefficient (Wildman–Crippen LogP) is 2.33. The Morgan fingerprint density at radius 2 is 2.35 bits per heavy atom. The molecule has 17 heavy (non-hydrogen) atoms. The van der Waals surface area contributed by atoms with Crippen LogP contribution < -0.4 is 5.32 Å². The lowest BCUT2D eigenvalue weighted by Gasteiger charge is -2.12. The Morgan fingerprint density at radius 3 is 2.82 bits per heavy atom. The minimum atomic E-state index is -1.00. The molecule has 1 aromatic heterocycles. The van der Waals surface area contributed by atoms with E-state index in [9.17, 15) is 9.59 Å². The predicted molar refractivity (Wildman–Crippen MR) is 73.4 cm³/mol. The van der Waals surface area contributed by atoms with Gasteiger partial charge in [-0.3, -0.25) is 4.79 Å². The molecule has 0 saturated heterocycles. The van der Waals surface area contributed by atoms with E-state index in [1.807, 2.05) is 11.4 Å². The highest BCUT2D eigenvalue weighted by Gasteiger charge is 2.18. The Kier molecular flexibility index (Phi) is 6.01. The molecule has 0 radical (unpaired) electrons. The van der Waals surface area contributed by atoms with E-state index in [1.165, 1.54) is 23.6 Å². The number of nitrogens with one attached hydrogen (secondary N) is 1. The van der Waals surface area contributed by atoms with E-state index in [4.69, 9.17) is 5.11 Å². The van der Waals surface area contributed by atoms with E-state index in [1.54, 1.807) is 11.3 Å². The molecule has 2 N–H and O–H groups in total. The molecule has 1 heterocycles. The van der Waals surface area contributed by atoms with Gasteiger partial charge in [0.25, 0.3) is 0 Å². The van der Waals surface area contributed by atoms with Gasteiger partial charge in [-0.15, -0.1) is 11.3 Å². The third-order valence-corrected chi connectivity index (χ3v) is 5.06. The highest BCUT2D eigenvalue weighted by Crippen LogP contribution is 2.27. The first-order valence-corrected chi connectivity index (χ1v) is 7.63.